The van der Waals surface area contributed by atoms with Crippen molar-refractivity contribution in [2.75, 3.05) is 17.8 Å². The van der Waals surface area contributed by atoms with Crippen LogP contribution in [0.5, 0.6) is 0 Å². The molecule has 1 saturated carbocycles. The molecule has 1 fully saturated rings. The molecule has 0 saturated heterocycles. The Morgan fingerprint density at radius 2 is 2.08 bits per heavy atom. The van der Waals surface area contributed by atoms with Crippen molar-refractivity contribution in [1.29, 1.82) is 0 Å². The average molecular weight is 272 g/mol. The highest BCUT2D eigenvalue weighted by Gasteiger charge is 2.42. The van der Waals surface area contributed by atoms with Crippen molar-refractivity contribution in [3.05, 3.63) is 0 Å². The van der Waals surface area contributed by atoms with Gasteiger partial charge in [0, 0.05) is 13.2 Å². The van der Waals surface area contributed by atoms with Crippen LogP contribution in [0.1, 0.15) is 19.3 Å². The highest BCUT2D eigenvalue weighted by Crippen LogP contribution is 2.47. The topological polar surface area (TPSA) is 66.4 Å². The van der Waals surface area contributed by atoms with Gasteiger partial charge in [-0.15, -0.1) is 0 Å². The van der Waals surface area contributed by atoms with E-state index >= 15 is 0 Å². The molecule has 0 unspecified atom stereocenters. The van der Waals surface area contributed by atoms with Gasteiger partial charge in [-0.25, -0.2) is 13.1 Å². The van der Waals surface area contributed by atoms with Crippen molar-refractivity contribution in [2.45, 2.75) is 19.3 Å². The first kappa shape index (κ1) is 11.4. The van der Waals surface area contributed by atoms with Crippen LogP contribution in [0, 0.1) is 5.41 Å². The summed E-state index contributed by atoms with van der Waals surface area (Å²) in [4.78, 5) is 0. The van der Waals surface area contributed by atoms with Gasteiger partial charge < -0.3 is 5.11 Å². The molecular formula is C7H14BrNO3S. The molecule has 0 aromatic rings. The number of hydrogen-bond donors (Lipinski definition) is 2. The van der Waals surface area contributed by atoms with Gasteiger partial charge in [0.15, 0.2) is 0 Å². The van der Waals surface area contributed by atoms with E-state index in [2.05, 4.69) is 20.7 Å². The second-order valence-corrected chi connectivity index (χ2v) is 6.63. The zero-order valence-corrected chi connectivity index (χ0v) is 9.70. The van der Waals surface area contributed by atoms with Gasteiger partial charge in [-0.3, -0.25) is 0 Å². The number of aliphatic hydroxyl groups excluding tert-OH is 1. The summed E-state index contributed by atoms with van der Waals surface area (Å²) in [7, 11) is -3.15. The van der Waals surface area contributed by atoms with Crippen LogP contribution in [0.4, 0.5) is 0 Å². The van der Waals surface area contributed by atoms with Gasteiger partial charge in [-0.05, 0) is 24.7 Å². The van der Waals surface area contributed by atoms with E-state index in [0.29, 0.717) is 13.0 Å². The normalized spacial score (nSPS) is 20.2. The van der Waals surface area contributed by atoms with Crippen molar-refractivity contribution < 1.29 is 13.5 Å². The Hall–Kier alpha value is 0.350. The predicted molar refractivity (Wildman–Crippen MR) is 54.1 cm³/mol. The van der Waals surface area contributed by atoms with E-state index in [1.54, 1.807) is 0 Å². The Labute approximate surface area is 86.9 Å². The second-order valence-electron chi connectivity index (χ2n) is 3.52. The van der Waals surface area contributed by atoms with E-state index in [1.807, 2.05) is 0 Å². The molecule has 2 N–H and O–H groups in total. The fraction of sp³-hybridized carbons (Fsp3) is 1.00. The first-order chi connectivity index (χ1) is 6.04. The molecule has 1 rings (SSSR count). The number of nitrogens with one attached hydrogen (secondary N) is 1. The van der Waals surface area contributed by atoms with Gasteiger partial charge in [-0.1, -0.05) is 15.9 Å². The van der Waals surface area contributed by atoms with E-state index in [4.69, 9.17) is 5.11 Å². The highest BCUT2D eigenvalue weighted by atomic mass is 79.9. The largest absolute Gasteiger partial charge is 0.396 e. The van der Waals surface area contributed by atoms with Crippen molar-refractivity contribution in [2.24, 2.45) is 5.41 Å². The van der Waals surface area contributed by atoms with E-state index in [0.717, 1.165) is 12.8 Å². The van der Waals surface area contributed by atoms with Gasteiger partial charge in [0.05, 0.1) is 0 Å². The quantitative estimate of drug-likeness (QED) is 0.689. The predicted octanol–water partition coefficient (Wildman–Crippen LogP) is 0.421. The van der Waals surface area contributed by atoms with Crippen LogP contribution in [0.15, 0.2) is 0 Å². The molecule has 0 radical (unpaired) electrons. The van der Waals surface area contributed by atoms with Crippen LogP contribution in [0.3, 0.4) is 0 Å². The third kappa shape index (κ3) is 3.53. The fourth-order valence-corrected chi connectivity index (χ4v) is 2.32. The second kappa shape index (κ2) is 4.25. The molecule has 0 spiro atoms. The Morgan fingerprint density at radius 1 is 1.46 bits per heavy atom. The van der Waals surface area contributed by atoms with Gasteiger partial charge >= 0.3 is 0 Å². The molecule has 1 aliphatic rings. The Kier molecular flexibility index (Phi) is 3.73. The summed E-state index contributed by atoms with van der Waals surface area (Å²) >= 11 is 2.90. The summed E-state index contributed by atoms with van der Waals surface area (Å²) in [5.41, 5.74) is 0.0456. The lowest BCUT2D eigenvalue weighted by Gasteiger charge is -2.13. The number of sulfonamides is 1. The molecule has 0 bridgehead atoms. The monoisotopic (exact) mass is 271 g/mol. The summed E-state index contributed by atoms with van der Waals surface area (Å²) in [6.07, 6.45) is 2.72. The van der Waals surface area contributed by atoms with Crippen LogP contribution >= 0.6 is 15.9 Å². The van der Waals surface area contributed by atoms with Gasteiger partial charge in [-0.2, -0.15) is 0 Å². The first-order valence-electron chi connectivity index (χ1n) is 4.18. The van der Waals surface area contributed by atoms with Crippen LogP contribution in [-0.2, 0) is 10.0 Å². The van der Waals surface area contributed by atoms with E-state index in [9.17, 15) is 8.42 Å². The van der Waals surface area contributed by atoms with E-state index < -0.39 is 10.0 Å². The number of rotatable bonds is 6. The van der Waals surface area contributed by atoms with E-state index in [-0.39, 0.29) is 16.7 Å². The number of aliphatic hydroxyl groups is 1. The number of hydrogen-bond acceptors (Lipinski definition) is 3. The minimum atomic E-state index is -3.15. The molecule has 6 heteroatoms. The van der Waals surface area contributed by atoms with Gasteiger partial charge in [0.1, 0.15) is 4.66 Å². The van der Waals surface area contributed by atoms with Crippen LogP contribution in [-0.4, -0.2) is 31.3 Å². The number of halogens is 1. The third-order valence-corrected chi connectivity index (χ3v) is 5.09. The minimum Gasteiger partial charge on any atom is -0.396 e. The van der Waals surface area contributed by atoms with Crippen molar-refractivity contribution in [3.63, 3.8) is 0 Å². The highest BCUT2D eigenvalue weighted by molar-refractivity contribution is 9.10. The molecule has 13 heavy (non-hydrogen) atoms. The SMILES string of the molecule is O=S(=O)(CBr)NCC1(CCO)CC1. The summed E-state index contributed by atoms with van der Waals surface area (Å²) in [6, 6.07) is 0. The standard InChI is InChI=1S/C7H14BrNO3S/c8-6-13(11,12)9-5-7(1-2-7)3-4-10/h9-10H,1-6H2. The van der Waals surface area contributed by atoms with Crippen molar-refractivity contribution >= 4 is 26.0 Å². The molecule has 4 nitrogen and oxygen atoms in total. The molecular weight excluding hydrogens is 258 g/mol. The Balaban J connectivity index is 2.34. The van der Waals surface area contributed by atoms with Crippen LogP contribution in [0.2, 0.25) is 0 Å². The lowest BCUT2D eigenvalue weighted by molar-refractivity contribution is 0.249. The first-order valence-corrected chi connectivity index (χ1v) is 6.95. The zero-order valence-electron chi connectivity index (χ0n) is 7.29. The van der Waals surface area contributed by atoms with Crippen LogP contribution in [0.25, 0.3) is 0 Å². The molecule has 78 valence electrons. The summed E-state index contributed by atoms with van der Waals surface area (Å²) in [5, 5.41) is 8.74. The molecule has 0 heterocycles. The molecule has 0 aromatic carbocycles. The molecule has 0 aromatic heterocycles. The zero-order chi connectivity index (χ0) is 9.95. The Morgan fingerprint density at radius 3 is 2.46 bits per heavy atom. The van der Waals surface area contributed by atoms with Crippen LogP contribution < -0.4 is 4.72 Å². The summed E-state index contributed by atoms with van der Waals surface area (Å²) in [5.74, 6) is 0. The molecule has 0 amide bonds. The maximum Gasteiger partial charge on any atom is 0.221 e. The minimum absolute atomic E-state index is 0.0456. The fourth-order valence-electron chi connectivity index (χ4n) is 1.23. The molecule has 0 atom stereocenters. The van der Waals surface area contributed by atoms with Gasteiger partial charge in [0.2, 0.25) is 10.0 Å². The molecule has 0 aliphatic heterocycles. The smallest absolute Gasteiger partial charge is 0.221 e. The maximum absolute atomic E-state index is 11.1. The Bertz CT molecular complexity index is 261. The molecule has 1 aliphatic carbocycles. The maximum atomic E-state index is 11.1. The summed E-state index contributed by atoms with van der Waals surface area (Å²) in [6.45, 7) is 0.595. The lowest BCUT2D eigenvalue weighted by Crippen LogP contribution is -2.31. The number of alkyl halides is 1. The van der Waals surface area contributed by atoms with Crippen molar-refractivity contribution in [3.8, 4) is 0 Å². The summed E-state index contributed by atoms with van der Waals surface area (Å²) < 4.78 is 24.6. The van der Waals surface area contributed by atoms with Gasteiger partial charge in [0.25, 0.3) is 0 Å². The lowest BCUT2D eigenvalue weighted by atomic mass is 10.0. The van der Waals surface area contributed by atoms with E-state index in [1.165, 1.54) is 0 Å². The third-order valence-electron chi connectivity index (χ3n) is 2.41. The van der Waals surface area contributed by atoms with Crippen molar-refractivity contribution in [1.82, 2.24) is 4.72 Å². The average Bonchev–Trinajstić information content (AvgIpc) is 2.84.